The zero-order valence-corrected chi connectivity index (χ0v) is 9.48. The van der Waals surface area contributed by atoms with Crippen LogP contribution < -0.4 is 5.32 Å². The van der Waals surface area contributed by atoms with Gasteiger partial charge >= 0.3 is 0 Å². The third-order valence-electron chi connectivity index (χ3n) is 2.45. The zero-order chi connectivity index (χ0) is 10.9. The van der Waals surface area contributed by atoms with Gasteiger partial charge in [-0.2, -0.15) is 0 Å². The van der Waals surface area contributed by atoms with Crippen LogP contribution in [0.15, 0.2) is 18.3 Å². The number of amides is 1. The number of hydrogen-bond acceptors (Lipinski definition) is 2. The summed E-state index contributed by atoms with van der Waals surface area (Å²) in [6.45, 7) is 0. The summed E-state index contributed by atoms with van der Waals surface area (Å²) < 4.78 is 0. The minimum absolute atomic E-state index is 0.190. The number of nitrogens with zero attached hydrogens (tertiary/aromatic N) is 1. The van der Waals surface area contributed by atoms with Gasteiger partial charge in [-0.05, 0) is 25.0 Å². The minimum Gasteiger partial charge on any atom is -0.344 e. The zero-order valence-electron chi connectivity index (χ0n) is 7.96. The number of pyridine rings is 1. The van der Waals surface area contributed by atoms with E-state index in [0.29, 0.717) is 16.6 Å². The molecule has 80 valence electrons. The summed E-state index contributed by atoms with van der Waals surface area (Å²) in [5.41, 5.74) is 0.177. The Morgan fingerprint density at radius 2 is 2.27 bits per heavy atom. The first-order valence-electron chi connectivity index (χ1n) is 4.65. The Morgan fingerprint density at radius 3 is 2.73 bits per heavy atom. The molecule has 0 bridgehead atoms. The number of carbonyl (C=O) groups excluding carboxylic acids is 1. The predicted molar refractivity (Wildman–Crippen MR) is 59.4 cm³/mol. The molecule has 1 N–H and O–H groups in total. The number of nitrogens with one attached hydrogen (secondary N) is 1. The van der Waals surface area contributed by atoms with E-state index in [9.17, 15) is 4.79 Å². The average molecular weight is 245 g/mol. The molecule has 1 fully saturated rings. The van der Waals surface area contributed by atoms with Gasteiger partial charge < -0.3 is 5.32 Å². The summed E-state index contributed by atoms with van der Waals surface area (Å²) in [6.07, 6.45) is 3.34. The van der Waals surface area contributed by atoms with Crippen LogP contribution >= 0.6 is 23.2 Å². The fourth-order valence-electron chi connectivity index (χ4n) is 1.26. The van der Waals surface area contributed by atoms with Gasteiger partial charge in [0, 0.05) is 12.1 Å². The van der Waals surface area contributed by atoms with E-state index in [2.05, 4.69) is 10.3 Å². The van der Waals surface area contributed by atoms with Crippen LogP contribution in [-0.4, -0.2) is 22.3 Å². The Morgan fingerprint density at radius 1 is 1.53 bits per heavy atom. The Hall–Kier alpha value is -0.800. The molecule has 1 aliphatic rings. The van der Waals surface area contributed by atoms with E-state index >= 15 is 0 Å². The summed E-state index contributed by atoms with van der Waals surface area (Å²) in [7, 11) is 0. The molecule has 0 radical (unpaired) electrons. The van der Waals surface area contributed by atoms with Crippen molar-refractivity contribution in [2.75, 3.05) is 5.88 Å². The van der Waals surface area contributed by atoms with E-state index in [4.69, 9.17) is 23.2 Å². The van der Waals surface area contributed by atoms with Crippen molar-refractivity contribution in [3.8, 4) is 0 Å². The molecule has 3 nitrogen and oxygen atoms in total. The van der Waals surface area contributed by atoms with Gasteiger partial charge in [-0.3, -0.25) is 4.79 Å². The molecule has 1 aromatic rings. The van der Waals surface area contributed by atoms with E-state index in [1.807, 2.05) is 0 Å². The molecular formula is C10H10Cl2N2O. The lowest BCUT2D eigenvalue weighted by atomic mass is 10.2. The van der Waals surface area contributed by atoms with Crippen LogP contribution in [0.3, 0.4) is 0 Å². The van der Waals surface area contributed by atoms with Gasteiger partial charge in [0.2, 0.25) is 0 Å². The van der Waals surface area contributed by atoms with Crippen LogP contribution in [-0.2, 0) is 0 Å². The minimum atomic E-state index is -0.194. The Kier molecular flexibility index (Phi) is 2.85. The van der Waals surface area contributed by atoms with Crippen LogP contribution in [0.5, 0.6) is 0 Å². The van der Waals surface area contributed by atoms with E-state index in [0.717, 1.165) is 12.8 Å². The summed E-state index contributed by atoms with van der Waals surface area (Å²) in [5.74, 6) is 0.261. The second kappa shape index (κ2) is 3.99. The summed E-state index contributed by atoms with van der Waals surface area (Å²) in [5, 5.41) is 3.39. The largest absolute Gasteiger partial charge is 0.344 e. The third kappa shape index (κ3) is 2.41. The molecule has 0 unspecified atom stereocenters. The average Bonchev–Trinajstić information content (AvgIpc) is 2.99. The number of alkyl halides is 1. The molecular weight excluding hydrogens is 235 g/mol. The molecule has 1 heterocycles. The molecule has 1 aromatic heterocycles. The van der Waals surface area contributed by atoms with Crippen molar-refractivity contribution in [1.29, 1.82) is 0 Å². The van der Waals surface area contributed by atoms with Crippen molar-refractivity contribution in [3.05, 3.63) is 29.0 Å². The van der Waals surface area contributed by atoms with Crippen molar-refractivity contribution in [1.82, 2.24) is 10.3 Å². The molecule has 1 saturated carbocycles. The Labute approximate surface area is 97.8 Å². The standard InChI is InChI=1S/C10H10Cl2N2O/c11-6-10(3-4-10)14-9(15)8-2-1-7(12)5-13-8/h1-2,5H,3-4,6H2,(H,14,15). The second-order valence-electron chi connectivity index (χ2n) is 3.73. The fourth-order valence-corrected chi connectivity index (χ4v) is 1.70. The van der Waals surface area contributed by atoms with Gasteiger partial charge in [-0.25, -0.2) is 4.98 Å². The van der Waals surface area contributed by atoms with Gasteiger partial charge in [0.15, 0.2) is 0 Å². The topological polar surface area (TPSA) is 42.0 Å². The van der Waals surface area contributed by atoms with Gasteiger partial charge in [-0.1, -0.05) is 11.6 Å². The van der Waals surface area contributed by atoms with E-state index in [1.165, 1.54) is 6.20 Å². The van der Waals surface area contributed by atoms with Crippen molar-refractivity contribution >= 4 is 29.1 Å². The van der Waals surface area contributed by atoms with Crippen LogP contribution in [0, 0.1) is 0 Å². The van der Waals surface area contributed by atoms with Crippen LogP contribution in [0.2, 0.25) is 5.02 Å². The maximum absolute atomic E-state index is 11.7. The monoisotopic (exact) mass is 244 g/mol. The summed E-state index contributed by atoms with van der Waals surface area (Å²) >= 11 is 11.4. The summed E-state index contributed by atoms with van der Waals surface area (Å²) in [6, 6.07) is 3.24. The molecule has 0 aromatic carbocycles. The smallest absolute Gasteiger partial charge is 0.270 e. The highest BCUT2D eigenvalue weighted by molar-refractivity contribution is 6.30. The molecule has 1 aliphatic carbocycles. The van der Waals surface area contributed by atoms with Crippen LogP contribution in [0.1, 0.15) is 23.3 Å². The Balaban J connectivity index is 2.05. The quantitative estimate of drug-likeness (QED) is 0.829. The molecule has 0 saturated heterocycles. The maximum Gasteiger partial charge on any atom is 0.270 e. The van der Waals surface area contributed by atoms with E-state index in [1.54, 1.807) is 12.1 Å². The lowest BCUT2D eigenvalue weighted by Gasteiger charge is -2.13. The molecule has 0 aliphatic heterocycles. The highest BCUT2D eigenvalue weighted by atomic mass is 35.5. The van der Waals surface area contributed by atoms with Gasteiger partial charge in [0.1, 0.15) is 5.69 Å². The lowest BCUT2D eigenvalue weighted by Crippen LogP contribution is -2.38. The maximum atomic E-state index is 11.7. The highest BCUT2D eigenvalue weighted by Crippen LogP contribution is 2.36. The van der Waals surface area contributed by atoms with Crippen LogP contribution in [0.4, 0.5) is 0 Å². The Bertz CT molecular complexity index is 374. The number of halogens is 2. The van der Waals surface area contributed by atoms with E-state index < -0.39 is 0 Å². The number of hydrogen-bond donors (Lipinski definition) is 1. The van der Waals surface area contributed by atoms with Gasteiger partial charge in [0.25, 0.3) is 5.91 Å². The molecule has 15 heavy (non-hydrogen) atoms. The number of rotatable bonds is 3. The molecule has 2 rings (SSSR count). The van der Waals surface area contributed by atoms with Gasteiger partial charge in [0.05, 0.1) is 10.6 Å². The summed E-state index contributed by atoms with van der Waals surface area (Å²) in [4.78, 5) is 15.6. The molecule has 1 amide bonds. The van der Waals surface area contributed by atoms with Crippen molar-refractivity contribution in [2.45, 2.75) is 18.4 Å². The highest BCUT2D eigenvalue weighted by Gasteiger charge is 2.43. The van der Waals surface area contributed by atoms with Crippen molar-refractivity contribution < 1.29 is 4.79 Å². The predicted octanol–water partition coefficient (Wildman–Crippen LogP) is 2.24. The SMILES string of the molecule is O=C(NC1(CCl)CC1)c1ccc(Cl)cn1. The lowest BCUT2D eigenvalue weighted by molar-refractivity contribution is 0.0931. The molecule has 5 heteroatoms. The van der Waals surface area contributed by atoms with Gasteiger partial charge in [-0.15, -0.1) is 11.6 Å². The number of aromatic nitrogens is 1. The fraction of sp³-hybridized carbons (Fsp3) is 0.400. The van der Waals surface area contributed by atoms with Crippen molar-refractivity contribution in [3.63, 3.8) is 0 Å². The molecule has 0 spiro atoms. The van der Waals surface area contributed by atoms with Crippen LogP contribution in [0.25, 0.3) is 0 Å². The van der Waals surface area contributed by atoms with E-state index in [-0.39, 0.29) is 11.4 Å². The number of carbonyl (C=O) groups is 1. The van der Waals surface area contributed by atoms with Crippen molar-refractivity contribution in [2.24, 2.45) is 0 Å². The normalized spacial score (nSPS) is 17.2. The second-order valence-corrected chi connectivity index (χ2v) is 4.43. The third-order valence-corrected chi connectivity index (χ3v) is 3.18. The first-order valence-corrected chi connectivity index (χ1v) is 5.56. The molecule has 0 atom stereocenters. The first-order chi connectivity index (χ1) is 7.15. The first kappa shape index (κ1) is 10.7.